The molecule has 0 unspecified atom stereocenters. The van der Waals surface area contributed by atoms with Gasteiger partial charge in [0, 0.05) is 6.54 Å². The number of hydrogen-bond donors (Lipinski definition) is 3. The number of unbranched alkanes of at least 4 members (excludes halogenated alkanes) is 1. The standard InChI is InChI=1S/C17H22N6O/c1-2-3-8-19-17-21-15(18)14-16(22-17)23(11-20-14)9-12-4-6-13(10-24)7-5-12/h4-7,11,24H,2-3,8-10H2,1H3,(H3,18,19,21,22). The van der Waals surface area contributed by atoms with E-state index in [0.29, 0.717) is 29.5 Å². The quantitative estimate of drug-likeness (QED) is 0.575. The Morgan fingerprint density at radius 2 is 1.92 bits per heavy atom. The van der Waals surface area contributed by atoms with Crippen molar-refractivity contribution in [3.05, 3.63) is 41.7 Å². The summed E-state index contributed by atoms with van der Waals surface area (Å²) in [5.41, 5.74) is 9.33. The molecular weight excluding hydrogens is 304 g/mol. The number of aliphatic hydroxyl groups is 1. The number of nitrogens with one attached hydrogen (secondary N) is 1. The molecule has 2 aromatic heterocycles. The van der Waals surface area contributed by atoms with Crippen LogP contribution in [0.2, 0.25) is 0 Å². The van der Waals surface area contributed by atoms with Gasteiger partial charge >= 0.3 is 0 Å². The van der Waals surface area contributed by atoms with Gasteiger partial charge in [0.05, 0.1) is 19.5 Å². The number of hydrogen-bond acceptors (Lipinski definition) is 6. The van der Waals surface area contributed by atoms with Crippen LogP contribution in [-0.2, 0) is 13.2 Å². The Bertz CT molecular complexity index is 812. The maximum Gasteiger partial charge on any atom is 0.226 e. The van der Waals surface area contributed by atoms with Crippen molar-refractivity contribution in [2.45, 2.75) is 32.9 Å². The van der Waals surface area contributed by atoms with Crippen LogP contribution in [-0.4, -0.2) is 31.2 Å². The van der Waals surface area contributed by atoms with Gasteiger partial charge in [-0.05, 0) is 17.5 Å². The molecule has 4 N–H and O–H groups in total. The van der Waals surface area contributed by atoms with E-state index in [1.165, 1.54) is 0 Å². The molecule has 0 radical (unpaired) electrons. The Hall–Kier alpha value is -2.67. The molecule has 7 nitrogen and oxygen atoms in total. The number of nitrogens with two attached hydrogens (primary N) is 1. The third-order valence-electron chi connectivity index (χ3n) is 3.86. The molecule has 7 heteroatoms. The predicted octanol–water partition coefficient (Wildman–Crippen LogP) is 2.16. The molecule has 126 valence electrons. The van der Waals surface area contributed by atoms with Crippen molar-refractivity contribution in [1.82, 2.24) is 19.5 Å². The lowest BCUT2D eigenvalue weighted by Crippen LogP contribution is -2.08. The van der Waals surface area contributed by atoms with Crippen LogP contribution >= 0.6 is 0 Å². The summed E-state index contributed by atoms with van der Waals surface area (Å²) in [6, 6.07) is 7.80. The highest BCUT2D eigenvalue weighted by Crippen LogP contribution is 2.19. The minimum Gasteiger partial charge on any atom is -0.392 e. The van der Waals surface area contributed by atoms with Crippen LogP contribution in [0.5, 0.6) is 0 Å². The van der Waals surface area contributed by atoms with Gasteiger partial charge in [-0.15, -0.1) is 0 Å². The lowest BCUT2D eigenvalue weighted by atomic mass is 10.1. The fourth-order valence-electron chi connectivity index (χ4n) is 2.48. The first kappa shape index (κ1) is 16.2. The van der Waals surface area contributed by atoms with E-state index in [0.717, 1.165) is 30.5 Å². The molecule has 0 saturated heterocycles. The molecule has 0 amide bonds. The summed E-state index contributed by atoms with van der Waals surface area (Å²) in [4.78, 5) is 13.2. The Labute approximate surface area is 140 Å². The summed E-state index contributed by atoms with van der Waals surface area (Å²) in [6.07, 6.45) is 3.88. The van der Waals surface area contributed by atoms with Gasteiger partial charge in [0.25, 0.3) is 0 Å². The molecule has 0 aliphatic heterocycles. The molecule has 0 bridgehead atoms. The maximum absolute atomic E-state index is 9.12. The monoisotopic (exact) mass is 326 g/mol. The average molecular weight is 326 g/mol. The predicted molar refractivity (Wildman–Crippen MR) is 94.6 cm³/mol. The van der Waals surface area contributed by atoms with Gasteiger partial charge in [0.2, 0.25) is 5.95 Å². The lowest BCUT2D eigenvalue weighted by Gasteiger charge is -2.08. The minimum atomic E-state index is 0.0465. The second-order valence-corrected chi connectivity index (χ2v) is 5.73. The molecule has 0 saturated carbocycles. The zero-order valence-corrected chi connectivity index (χ0v) is 13.7. The second kappa shape index (κ2) is 7.27. The second-order valence-electron chi connectivity index (χ2n) is 5.73. The highest BCUT2D eigenvalue weighted by Gasteiger charge is 2.11. The summed E-state index contributed by atoms with van der Waals surface area (Å²) in [6.45, 7) is 3.63. The van der Waals surface area contributed by atoms with E-state index in [2.05, 4.69) is 27.2 Å². The Kier molecular flexibility index (Phi) is 4.90. The van der Waals surface area contributed by atoms with Crippen molar-refractivity contribution in [2.24, 2.45) is 0 Å². The van der Waals surface area contributed by atoms with Gasteiger partial charge in [-0.3, -0.25) is 0 Å². The van der Waals surface area contributed by atoms with Crippen LogP contribution in [0.25, 0.3) is 11.2 Å². The van der Waals surface area contributed by atoms with E-state index in [-0.39, 0.29) is 6.61 Å². The number of aliphatic hydroxyl groups excluding tert-OH is 1. The topological polar surface area (TPSA) is 102 Å². The van der Waals surface area contributed by atoms with E-state index in [1.807, 2.05) is 28.8 Å². The number of aromatic nitrogens is 4. The molecule has 0 spiro atoms. The summed E-state index contributed by atoms with van der Waals surface area (Å²) >= 11 is 0. The summed E-state index contributed by atoms with van der Waals surface area (Å²) in [5, 5.41) is 12.3. The summed E-state index contributed by atoms with van der Waals surface area (Å²) < 4.78 is 1.95. The number of rotatable bonds is 7. The van der Waals surface area contributed by atoms with Gasteiger partial charge < -0.3 is 20.7 Å². The van der Waals surface area contributed by atoms with Gasteiger partial charge in [0.1, 0.15) is 5.52 Å². The van der Waals surface area contributed by atoms with Crippen molar-refractivity contribution in [2.75, 3.05) is 17.6 Å². The van der Waals surface area contributed by atoms with Crippen molar-refractivity contribution >= 4 is 22.9 Å². The summed E-state index contributed by atoms with van der Waals surface area (Å²) in [7, 11) is 0. The molecule has 0 aliphatic rings. The molecular formula is C17H22N6O. The zero-order chi connectivity index (χ0) is 16.9. The first-order chi connectivity index (χ1) is 11.7. The minimum absolute atomic E-state index is 0.0465. The number of nitrogen functional groups attached to an aromatic ring is 1. The van der Waals surface area contributed by atoms with E-state index < -0.39 is 0 Å². The number of benzene rings is 1. The first-order valence-electron chi connectivity index (χ1n) is 8.12. The lowest BCUT2D eigenvalue weighted by molar-refractivity contribution is 0.282. The Morgan fingerprint density at radius 1 is 1.17 bits per heavy atom. The molecule has 2 heterocycles. The Balaban J connectivity index is 1.86. The van der Waals surface area contributed by atoms with E-state index >= 15 is 0 Å². The largest absolute Gasteiger partial charge is 0.392 e. The maximum atomic E-state index is 9.12. The molecule has 1 aromatic carbocycles. The first-order valence-corrected chi connectivity index (χ1v) is 8.12. The van der Waals surface area contributed by atoms with Gasteiger partial charge in [0.15, 0.2) is 11.5 Å². The third-order valence-corrected chi connectivity index (χ3v) is 3.86. The smallest absolute Gasteiger partial charge is 0.226 e. The molecule has 3 aromatic rings. The molecule has 0 aliphatic carbocycles. The fourth-order valence-corrected chi connectivity index (χ4v) is 2.48. The van der Waals surface area contributed by atoms with Crippen molar-refractivity contribution in [1.29, 1.82) is 0 Å². The molecule has 0 atom stereocenters. The van der Waals surface area contributed by atoms with Gasteiger partial charge in [-0.2, -0.15) is 9.97 Å². The van der Waals surface area contributed by atoms with Gasteiger partial charge in [-0.25, -0.2) is 4.98 Å². The van der Waals surface area contributed by atoms with Crippen LogP contribution in [0.3, 0.4) is 0 Å². The fraction of sp³-hybridized carbons (Fsp3) is 0.353. The third kappa shape index (κ3) is 3.46. The van der Waals surface area contributed by atoms with Gasteiger partial charge in [-0.1, -0.05) is 37.6 Å². The zero-order valence-electron chi connectivity index (χ0n) is 13.7. The number of nitrogens with zero attached hydrogens (tertiary/aromatic N) is 4. The molecule has 3 rings (SSSR count). The van der Waals surface area contributed by atoms with Crippen LogP contribution in [0, 0.1) is 0 Å². The van der Waals surface area contributed by atoms with Crippen molar-refractivity contribution < 1.29 is 5.11 Å². The SMILES string of the molecule is CCCCNc1nc(N)c2ncn(Cc3ccc(CO)cc3)c2n1. The normalized spacial score (nSPS) is 11.1. The summed E-state index contributed by atoms with van der Waals surface area (Å²) in [5.74, 6) is 0.916. The van der Waals surface area contributed by atoms with E-state index in [1.54, 1.807) is 6.33 Å². The van der Waals surface area contributed by atoms with Crippen molar-refractivity contribution in [3.8, 4) is 0 Å². The van der Waals surface area contributed by atoms with E-state index in [9.17, 15) is 0 Å². The van der Waals surface area contributed by atoms with Crippen LogP contribution in [0.1, 0.15) is 30.9 Å². The Morgan fingerprint density at radius 3 is 2.62 bits per heavy atom. The van der Waals surface area contributed by atoms with Crippen molar-refractivity contribution in [3.63, 3.8) is 0 Å². The molecule has 24 heavy (non-hydrogen) atoms. The number of anilines is 2. The number of imidazole rings is 1. The number of fused-ring (bicyclic) bond motifs is 1. The highest BCUT2D eigenvalue weighted by molar-refractivity contribution is 5.82. The van der Waals surface area contributed by atoms with Crippen LogP contribution in [0.15, 0.2) is 30.6 Å². The average Bonchev–Trinajstić information content (AvgIpc) is 2.99. The highest BCUT2D eigenvalue weighted by atomic mass is 16.3. The van der Waals surface area contributed by atoms with Crippen LogP contribution < -0.4 is 11.1 Å². The van der Waals surface area contributed by atoms with E-state index in [4.69, 9.17) is 10.8 Å². The molecule has 0 fully saturated rings. The van der Waals surface area contributed by atoms with Crippen LogP contribution in [0.4, 0.5) is 11.8 Å².